The predicted molar refractivity (Wildman–Crippen MR) is 68.8 cm³/mol. The summed E-state index contributed by atoms with van der Waals surface area (Å²) in [6.45, 7) is -0.395. The summed E-state index contributed by atoms with van der Waals surface area (Å²) in [5, 5.41) is 1.44. The number of pyridine rings is 1. The molecule has 1 N–H and O–H groups in total. The summed E-state index contributed by atoms with van der Waals surface area (Å²) >= 11 is 5.75. The molecule has 0 aromatic carbocycles. The number of aromatic nitrogens is 1. The van der Waals surface area contributed by atoms with Gasteiger partial charge in [-0.05, 0) is 44.0 Å². The van der Waals surface area contributed by atoms with Crippen molar-refractivity contribution in [1.82, 2.24) is 4.98 Å². The maximum atomic E-state index is 13.3. The van der Waals surface area contributed by atoms with Crippen molar-refractivity contribution in [3.05, 3.63) is 21.3 Å². The highest BCUT2D eigenvalue weighted by molar-refractivity contribution is 9.11. The topological polar surface area (TPSA) is 42.0 Å². The van der Waals surface area contributed by atoms with Crippen molar-refractivity contribution in [3.63, 3.8) is 0 Å². The van der Waals surface area contributed by atoms with Crippen molar-refractivity contribution in [1.29, 1.82) is 0 Å². The van der Waals surface area contributed by atoms with Crippen LogP contribution in [0, 0.1) is 0 Å². The van der Waals surface area contributed by atoms with Gasteiger partial charge >= 0.3 is 23.7 Å². The van der Waals surface area contributed by atoms with E-state index in [4.69, 9.17) is 0 Å². The van der Waals surface area contributed by atoms with Crippen molar-refractivity contribution in [2.75, 3.05) is 5.32 Å². The van der Waals surface area contributed by atoms with Crippen molar-refractivity contribution >= 4 is 43.5 Å². The van der Waals surface area contributed by atoms with Crippen LogP contribution in [0.2, 0.25) is 0 Å². The lowest BCUT2D eigenvalue weighted by molar-refractivity contribution is -0.289. The Bertz CT molecular complexity index is 541. The van der Waals surface area contributed by atoms with E-state index in [2.05, 4.69) is 36.8 Å². The Morgan fingerprint density at radius 2 is 1.52 bits per heavy atom. The zero-order valence-corrected chi connectivity index (χ0v) is 13.2. The third kappa shape index (κ3) is 3.68. The maximum Gasteiger partial charge on any atom is 0.392 e. The average molecular weight is 444 g/mol. The summed E-state index contributed by atoms with van der Waals surface area (Å²) in [4.78, 5) is 14.9. The molecule has 0 aliphatic carbocycles. The number of hydrogen-bond donors (Lipinski definition) is 1. The number of hydrogen-bond acceptors (Lipinski definition) is 2. The monoisotopic (exact) mass is 442 g/mol. The van der Waals surface area contributed by atoms with Crippen LogP contribution in [0.3, 0.4) is 0 Å². The van der Waals surface area contributed by atoms with E-state index in [0.29, 0.717) is 0 Å². The van der Waals surface area contributed by atoms with Gasteiger partial charge in [0.25, 0.3) is 0 Å². The molecule has 1 rings (SSSR count). The van der Waals surface area contributed by atoms with E-state index >= 15 is 0 Å². The standard InChI is InChI=1S/C10H6Br2F6N2O/c1-8(13,14)10(17,18)9(15,16)7(21)19-4-2-5(11)20-6(12)3-4/h2-3H,1H3,(H,19,20,21). The van der Waals surface area contributed by atoms with Gasteiger partial charge in [0.05, 0.1) is 0 Å². The largest absolute Gasteiger partial charge is 0.392 e. The molecule has 0 fully saturated rings. The molecule has 0 saturated heterocycles. The number of amides is 1. The fourth-order valence-corrected chi connectivity index (χ4v) is 2.28. The van der Waals surface area contributed by atoms with Gasteiger partial charge in [-0.2, -0.15) is 26.3 Å². The predicted octanol–water partition coefficient (Wildman–Crippen LogP) is 4.47. The van der Waals surface area contributed by atoms with E-state index in [-0.39, 0.29) is 14.9 Å². The van der Waals surface area contributed by atoms with Crippen LogP contribution in [0.25, 0.3) is 0 Å². The van der Waals surface area contributed by atoms with Crippen LogP contribution >= 0.6 is 31.9 Å². The van der Waals surface area contributed by atoms with Crippen LogP contribution < -0.4 is 5.32 Å². The molecule has 0 bridgehead atoms. The molecule has 3 nitrogen and oxygen atoms in total. The first-order valence-electron chi connectivity index (χ1n) is 5.07. The van der Waals surface area contributed by atoms with Crippen LogP contribution in [0.4, 0.5) is 32.0 Å². The highest BCUT2D eigenvalue weighted by Crippen LogP contribution is 2.45. The quantitative estimate of drug-likeness (QED) is 0.551. The number of halogens is 8. The fraction of sp³-hybridized carbons (Fsp3) is 0.400. The molecule has 0 aliphatic heterocycles. The van der Waals surface area contributed by atoms with Gasteiger partial charge in [0.2, 0.25) is 0 Å². The van der Waals surface area contributed by atoms with E-state index in [0.717, 1.165) is 12.1 Å². The minimum Gasteiger partial charge on any atom is -0.320 e. The third-order valence-corrected chi connectivity index (χ3v) is 3.06. The van der Waals surface area contributed by atoms with Crippen LogP contribution in [-0.2, 0) is 4.79 Å². The molecule has 11 heteroatoms. The lowest BCUT2D eigenvalue weighted by Gasteiger charge is -2.29. The first-order valence-corrected chi connectivity index (χ1v) is 6.65. The first-order chi connectivity index (χ1) is 9.29. The highest BCUT2D eigenvalue weighted by atomic mass is 79.9. The minimum absolute atomic E-state index is 0.100. The number of alkyl halides is 6. The molecule has 1 aromatic rings. The summed E-state index contributed by atoms with van der Waals surface area (Å²) in [6, 6.07) is 2.06. The minimum atomic E-state index is -5.84. The second-order valence-electron chi connectivity index (χ2n) is 3.99. The van der Waals surface area contributed by atoms with Crippen molar-refractivity contribution in [2.45, 2.75) is 24.7 Å². The number of nitrogens with zero attached hydrogens (tertiary/aromatic N) is 1. The van der Waals surface area contributed by atoms with Gasteiger partial charge in [-0.15, -0.1) is 0 Å². The zero-order chi connectivity index (χ0) is 16.6. The first kappa shape index (κ1) is 18.2. The van der Waals surface area contributed by atoms with E-state index in [1.807, 2.05) is 0 Å². The van der Waals surface area contributed by atoms with Crippen molar-refractivity contribution in [2.24, 2.45) is 0 Å². The molecule has 1 amide bonds. The van der Waals surface area contributed by atoms with Crippen LogP contribution in [0.1, 0.15) is 6.92 Å². The molecule has 0 unspecified atom stereocenters. The maximum absolute atomic E-state index is 13.3. The summed E-state index contributed by atoms with van der Waals surface area (Å²) < 4.78 is 78.0. The molecule has 0 saturated carbocycles. The van der Waals surface area contributed by atoms with E-state index in [1.54, 1.807) is 0 Å². The van der Waals surface area contributed by atoms with Crippen molar-refractivity contribution in [3.8, 4) is 0 Å². The third-order valence-electron chi connectivity index (χ3n) is 2.25. The van der Waals surface area contributed by atoms with Gasteiger partial charge in [0.1, 0.15) is 9.21 Å². The lowest BCUT2D eigenvalue weighted by Crippen LogP contribution is -2.58. The van der Waals surface area contributed by atoms with E-state index in [1.165, 1.54) is 5.32 Å². The van der Waals surface area contributed by atoms with Crippen LogP contribution in [0.5, 0.6) is 0 Å². The van der Waals surface area contributed by atoms with E-state index in [9.17, 15) is 31.1 Å². The fourth-order valence-electron chi connectivity index (χ4n) is 1.16. The van der Waals surface area contributed by atoms with E-state index < -0.39 is 30.6 Å². The smallest absolute Gasteiger partial charge is 0.320 e. The molecular weight excluding hydrogens is 438 g/mol. The molecule has 21 heavy (non-hydrogen) atoms. The number of rotatable bonds is 4. The average Bonchev–Trinajstić information content (AvgIpc) is 2.25. The summed E-state index contributed by atoms with van der Waals surface area (Å²) in [6.07, 6.45) is 0. The molecule has 0 aliphatic rings. The van der Waals surface area contributed by atoms with Gasteiger partial charge in [-0.3, -0.25) is 4.79 Å². The van der Waals surface area contributed by atoms with Crippen LogP contribution in [0.15, 0.2) is 21.3 Å². The van der Waals surface area contributed by atoms with Gasteiger partial charge in [-0.1, -0.05) is 0 Å². The van der Waals surface area contributed by atoms with Gasteiger partial charge < -0.3 is 5.32 Å². The molecular formula is C10H6Br2F6N2O. The summed E-state index contributed by atoms with van der Waals surface area (Å²) in [5.74, 6) is -19.1. The Morgan fingerprint density at radius 3 is 1.90 bits per heavy atom. The summed E-state index contributed by atoms with van der Waals surface area (Å²) in [5.41, 5.74) is -0.330. The molecule has 1 aromatic heterocycles. The Hall–Kier alpha value is -0.840. The normalized spacial score (nSPS) is 13.2. The molecule has 1 heterocycles. The second-order valence-corrected chi connectivity index (χ2v) is 5.62. The zero-order valence-electron chi connectivity index (χ0n) is 10.0. The number of anilines is 1. The molecule has 0 atom stereocenters. The van der Waals surface area contributed by atoms with Gasteiger partial charge in [0.15, 0.2) is 0 Å². The van der Waals surface area contributed by atoms with Crippen LogP contribution in [-0.4, -0.2) is 28.7 Å². The number of carbonyl (C=O) groups is 1. The van der Waals surface area contributed by atoms with Gasteiger partial charge in [-0.25, -0.2) is 4.98 Å². The number of nitrogens with one attached hydrogen (secondary N) is 1. The molecule has 0 radical (unpaired) electrons. The highest BCUT2D eigenvalue weighted by Gasteiger charge is 2.72. The Morgan fingerprint density at radius 1 is 1.10 bits per heavy atom. The SMILES string of the molecule is CC(F)(F)C(F)(F)C(F)(F)C(=O)Nc1cc(Br)nc(Br)c1. The number of carbonyl (C=O) groups excluding carboxylic acids is 1. The van der Waals surface area contributed by atoms with Gasteiger partial charge in [0, 0.05) is 12.6 Å². The molecule has 118 valence electrons. The Labute approximate surface area is 131 Å². The van der Waals surface area contributed by atoms with Crippen molar-refractivity contribution < 1.29 is 31.1 Å². The molecule has 0 spiro atoms. The second kappa shape index (κ2) is 5.75. The Kier molecular flexibility index (Phi) is 4.98. The Balaban J connectivity index is 3.07. The summed E-state index contributed by atoms with van der Waals surface area (Å²) in [7, 11) is 0. The lowest BCUT2D eigenvalue weighted by atomic mass is 10.1.